The van der Waals surface area contributed by atoms with Gasteiger partial charge in [0.15, 0.2) is 6.61 Å². The number of carbonyl (C=O) groups is 1. The van der Waals surface area contributed by atoms with Gasteiger partial charge < -0.3 is 9.47 Å². The van der Waals surface area contributed by atoms with Gasteiger partial charge in [0.1, 0.15) is 12.4 Å². The normalized spacial score (nSPS) is 10.2. The predicted molar refractivity (Wildman–Crippen MR) is 107 cm³/mol. The lowest BCUT2D eigenvalue weighted by Gasteiger charge is -2.11. The molecule has 4 heteroatoms. The molecular formula is C21H15IO3. The van der Waals surface area contributed by atoms with Crippen LogP contribution in [0.3, 0.4) is 0 Å². The van der Waals surface area contributed by atoms with Gasteiger partial charge in [-0.1, -0.05) is 48.4 Å². The molecule has 0 saturated heterocycles. The van der Waals surface area contributed by atoms with Crippen molar-refractivity contribution in [2.75, 3.05) is 6.61 Å². The summed E-state index contributed by atoms with van der Waals surface area (Å²) in [7, 11) is 0. The van der Waals surface area contributed by atoms with Crippen LogP contribution < -0.4 is 4.74 Å². The zero-order valence-corrected chi connectivity index (χ0v) is 15.5. The second-order valence-electron chi connectivity index (χ2n) is 5.35. The Labute approximate surface area is 160 Å². The van der Waals surface area contributed by atoms with Crippen LogP contribution in [-0.2, 0) is 11.3 Å². The maximum Gasteiger partial charge on any atom is 0.339 e. The molecule has 0 aromatic heterocycles. The maximum absolute atomic E-state index is 11.8. The molecule has 0 aliphatic rings. The van der Waals surface area contributed by atoms with Gasteiger partial charge >= 0.3 is 5.97 Å². The maximum atomic E-state index is 11.8. The quantitative estimate of drug-likeness (QED) is 0.323. The SMILES string of the molecule is C#CCOC(=O)c1ccc(OCc2cccc3ccccc23)c(I)c1. The number of hydrogen-bond donors (Lipinski definition) is 0. The van der Waals surface area contributed by atoms with E-state index in [2.05, 4.69) is 52.8 Å². The highest BCUT2D eigenvalue weighted by Gasteiger charge is 2.11. The molecule has 3 nitrogen and oxygen atoms in total. The third-order valence-corrected chi connectivity index (χ3v) is 4.56. The van der Waals surface area contributed by atoms with Crippen LogP contribution in [0.1, 0.15) is 15.9 Å². The molecule has 0 radical (unpaired) electrons. The summed E-state index contributed by atoms with van der Waals surface area (Å²) in [4.78, 5) is 11.8. The molecule has 3 aromatic carbocycles. The van der Waals surface area contributed by atoms with E-state index < -0.39 is 5.97 Å². The Hall–Kier alpha value is -2.52. The minimum Gasteiger partial charge on any atom is -0.488 e. The van der Waals surface area contributed by atoms with Gasteiger partial charge in [0.25, 0.3) is 0 Å². The molecule has 0 saturated carbocycles. The van der Waals surface area contributed by atoms with Gasteiger partial charge in [-0.2, -0.15) is 0 Å². The van der Waals surface area contributed by atoms with Crippen molar-refractivity contribution < 1.29 is 14.3 Å². The molecule has 25 heavy (non-hydrogen) atoms. The molecular weight excluding hydrogens is 427 g/mol. The number of terminal acetylenes is 1. The van der Waals surface area contributed by atoms with E-state index in [1.165, 1.54) is 10.8 Å². The van der Waals surface area contributed by atoms with Gasteiger partial charge in [-0.25, -0.2) is 4.79 Å². The molecule has 0 aliphatic heterocycles. The van der Waals surface area contributed by atoms with Crippen LogP contribution in [0.4, 0.5) is 0 Å². The second kappa shape index (κ2) is 8.04. The molecule has 0 aliphatic carbocycles. The third-order valence-electron chi connectivity index (χ3n) is 3.72. The van der Waals surface area contributed by atoms with Gasteiger partial charge in [-0.15, -0.1) is 6.42 Å². The van der Waals surface area contributed by atoms with Crippen molar-refractivity contribution in [2.45, 2.75) is 6.61 Å². The van der Waals surface area contributed by atoms with Gasteiger partial charge in [-0.3, -0.25) is 0 Å². The Balaban J connectivity index is 1.75. The molecule has 0 amide bonds. The fourth-order valence-electron chi connectivity index (χ4n) is 2.51. The van der Waals surface area contributed by atoms with E-state index >= 15 is 0 Å². The van der Waals surface area contributed by atoms with Crippen LogP contribution in [0.2, 0.25) is 0 Å². The second-order valence-corrected chi connectivity index (χ2v) is 6.51. The molecule has 0 heterocycles. The molecule has 0 N–H and O–H groups in total. The van der Waals surface area contributed by atoms with Gasteiger partial charge in [0.05, 0.1) is 9.13 Å². The number of benzene rings is 3. The third kappa shape index (κ3) is 4.12. The van der Waals surface area contributed by atoms with Crippen LogP contribution >= 0.6 is 22.6 Å². The summed E-state index contributed by atoms with van der Waals surface area (Å²) in [5, 5.41) is 2.36. The summed E-state index contributed by atoms with van der Waals surface area (Å²) in [5.74, 6) is 2.57. The highest BCUT2D eigenvalue weighted by Crippen LogP contribution is 2.25. The van der Waals surface area contributed by atoms with Crippen molar-refractivity contribution in [3.05, 3.63) is 75.4 Å². The molecule has 0 fully saturated rings. The first-order valence-electron chi connectivity index (χ1n) is 7.68. The molecule has 0 bridgehead atoms. The fraction of sp³-hybridized carbons (Fsp3) is 0.0952. The first-order chi connectivity index (χ1) is 12.2. The van der Waals surface area contributed by atoms with Crippen LogP contribution in [0.5, 0.6) is 5.75 Å². The highest BCUT2D eigenvalue weighted by atomic mass is 127. The Morgan fingerprint density at radius 2 is 1.88 bits per heavy atom. The summed E-state index contributed by atoms with van der Waals surface area (Å²) < 4.78 is 11.7. The van der Waals surface area contributed by atoms with Crippen molar-refractivity contribution in [1.82, 2.24) is 0 Å². The molecule has 0 atom stereocenters. The van der Waals surface area contributed by atoms with E-state index in [-0.39, 0.29) is 6.61 Å². The number of esters is 1. The molecule has 0 spiro atoms. The van der Waals surface area contributed by atoms with Crippen LogP contribution in [0.25, 0.3) is 10.8 Å². The fourth-order valence-corrected chi connectivity index (χ4v) is 3.18. The first-order valence-corrected chi connectivity index (χ1v) is 8.76. The largest absolute Gasteiger partial charge is 0.488 e. The Morgan fingerprint density at radius 1 is 1.08 bits per heavy atom. The number of fused-ring (bicyclic) bond motifs is 1. The highest BCUT2D eigenvalue weighted by molar-refractivity contribution is 14.1. The zero-order chi connectivity index (χ0) is 17.6. The van der Waals surface area contributed by atoms with Crippen molar-refractivity contribution in [3.8, 4) is 18.1 Å². The number of carbonyl (C=O) groups excluding carboxylic acids is 1. The lowest BCUT2D eigenvalue weighted by atomic mass is 10.1. The van der Waals surface area contributed by atoms with Gasteiger partial charge in [-0.05, 0) is 57.1 Å². The monoisotopic (exact) mass is 442 g/mol. The summed E-state index contributed by atoms with van der Waals surface area (Å²) in [5.41, 5.74) is 1.57. The summed E-state index contributed by atoms with van der Waals surface area (Å²) >= 11 is 2.14. The Bertz CT molecular complexity index is 952. The van der Waals surface area contributed by atoms with E-state index in [1.54, 1.807) is 18.2 Å². The van der Waals surface area contributed by atoms with Crippen molar-refractivity contribution in [2.24, 2.45) is 0 Å². The average Bonchev–Trinajstić information content (AvgIpc) is 2.65. The van der Waals surface area contributed by atoms with Crippen molar-refractivity contribution in [1.29, 1.82) is 0 Å². The van der Waals surface area contributed by atoms with Gasteiger partial charge in [0.2, 0.25) is 0 Å². The number of rotatable bonds is 5. The average molecular weight is 442 g/mol. The standard InChI is InChI=1S/C21H15IO3/c1-2-12-24-21(23)16-10-11-20(19(22)13-16)25-14-17-8-5-7-15-6-3-4-9-18(15)17/h1,3-11,13H,12,14H2. The van der Waals surface area contributed by atoms with E-state index in [0.29, 0.717) is 12.2 Å². The van der Waals surface area contributed by atoms with E-state index in [9.17, 15) is 4.79 Å². The van der Waals surface area contributed by atoms with Crippen LogP contribution in [0.15, 0.2) is 60.7 Å². The first kappa shape index (κ1) is 17.3. The summed E-state index contributed by atoms with van der Waals surface area (Å²) in [6.45, 7) is 0.424. The lowest BCUT2D eigenvalue weighted by Crippen LogP contribution is -2.06. The number of halogens is 1. The van der Waals surface area contributed by atoms with Crippen molar-refractivity contribution >= 4 is 39.3 Å². The minimum absolute atomic E-state index is 0.0330. The Kier molecular flexibility index (Phi) is 5.56. The van der Waals surface area contributed by atoms with Crippen LogP contribution in [-0.4, -0.2) is 12.6 Å². The van der Waals surface area contributed by atoms with E-state index in [0.717, 1.165) is 14.9 Å². The number of ether oxygens (including phenoxy) is 2. The lowest BCUT2D eigenvalue weighted by molar-refractivity contribution is 0.0556. The molecule has 3 rings (SSSR count). The van der Waals surface area contributed by atoms with E-state index in [1.807, 2.05) is 18.2 Å². The van der Waals surface area contributed by atoms with E-state index in [4.69, 9.17) is 15.9 Å². The van der Waals surface area contributed by atoms with Gasteiger partial charge in [0, 0.05) is 0 Å². The Morgan fingerprint density at radius 3 is 2.68 bits per heavy atom. The molecule has 124 valence electrons. The topological polar surface area (TPSA) is 35.5 Å². The summed E-state index contributed by atoms with van der Waals surface area (Å²) in [6, 6.07) is 19.6. The van der Waals surface area contributed by atoms with Crippen molar-refractivity contribution in [3.63, 3.8) is 0 Å². The van der Waals surface area contributed by atoms with Crippen LogP contribution in [0, 0.1) is 15.9 Å². The zero-order valence-electron chi connectivity index (χ0n) is 13.4. The summed E-state index contributed by atoms with van der Waals surface area (Å²) in [6.07, 6.45) is 5.09. The number of hydrogen-bond acceptors (Lipinski definition) is 3. The predicted octanol–water partition coefficient (Wildman–Crippen LogP) is 4.81. The molecule has 3 aromatic rings. The smallest absolute Gasteiger partial charge is 0.339 e. The molecule has 0 unspecified atom stereocenters. The minimum atomic E-state index is -0.434.